The van der Waals surface area contributed by atoms with E-state index in [2.05, 4.69) is 22.9 Å². The van der Waals surface area contributed by atoms with Gasteiger partial charge in [-0.2, -0.15) is 16.1 Å². The molecule has 1 aliphatic heterocycles. The number of carboxylic acid groups (broad SMARTS) is 1. The van der Waals surface area contributed by atoms with E-state index >= 15 is 0 Å². The van der Waals surface area contributed by atoms with Crippen molar-refractivity contribution in [2.45, 2.75) is 62.1 Å². The van der Waals surface area contributed by atoms with Gasteiger partial charge >= 0.3 is 5.97 Å². The van der Waals surface area contributed by atoms with Crippen molar-refractivity contribution in [1.82, 2.24) is 4.31 Å². The Morgan fingerprint density at radius 2 is 1.88 bits per heavy atom. The third kappa shape index (κ3) is 6.62. The number of sulfonamides is 1. The third-order valence-electron chi connectivity index (χ3n) is 6.14. The Morgan fingerprint density at radius 1 is 1.15 bits per heavy atom. The van der Waals surface area contributed by atoms with Crippen molar-refractivity contribution in [2.75, 3.05) is 12.3 Å². The first-order valence-corrected chi connectivity index (χ1v) is 14.7. The molecule has 0 spiro atoms. The van der Waals surface area contributed by atoms with Gasteiger partial charge in [0.15, 0.2) is 0 Å². The number of thioether (sulfide) groups is 1. The average Bonchev–Trinajstić information content (AvgIpc) is 2.78. The summed E-state index contributed by atoms with van der Waals surface area (Å²) in [5.74, 6) is -0.785. The molecule has 3 atom stereocenters. The zero-order chi connectivity index (χ0) is 24.0. The lowest BCUT2D eigenvalue weighted by Gasteiger charge is -2.42. The number of rotatable bonds is 10. The summed E-state index contributed by atoms with van der Waals surface area (Å²) >= 11 is 5.18. The second-order valence-electron chi connectivity index (χ2n) is 8.61. The van der Waals surface area contributed by atoms with Crippen molar-refractivity contribution in [1.29, 1.82) is 0 Å². The first-order chi connectivity index (χ1) is 15.7. The summed E-state index contributed by atoms with van der Waals surface area (Å²) in [4.78, 5) is 12.4. The molecule has 180 valence electrons. The molecule has 1 saturated heterocycles. The maximum atomic E-state index is 13.7. The normalized spacial score (nSPS) is 21.7. The van der Waals surface area contributed by atoms with Crippen LogP contribution in [0, 0.1) is 12.8 Å². The quantitative estimate of drug-likeness (QED) is 0.350. The number of piperidine rings is 1. The molecule has 3 rings (SSSR count). The Balaban J connectivity index is 1.94. The second kappa shape index (κ2) is 11.9. The number of hydrogen-bond donors (Lipinski definition) is 1. The number of unbranched alkanes of at least 4 members (excludes halogenated alkanes) is 3. The molecule has 0 radical (unpaired) electrons. The largest absolute Gasteiger partial charge is 0.481 e. The number of aliphatic carboxylic acids is 1. The van der Waals surface area contributed by atoms with E-state index in [9.17, 15) is 18.3 Å². The molecule has 2 aromatic rings. The lowest BCUT2D eigenvalue weighted by molar-refractivity contribution is -0.143. The van der Waals surface area contributed by atoms with Crippen molar-refractivity contribution < 1.29 is 18.3 Å². The molecule has 0 saturated carbocycles. The minimum atomic E-state index is -3.87. The fraction of sp³-hybridized carbons (Fsp3) is 0.480. The van der Waals surface area contributed by atoms with Gasteiger partial charge in [-0.3, -0.25) is 4.79 Å². The lowest BCUT2D eigenvalue weighted by Crippen LogP contribution is -2.49. The van der Waals surface area contributed by atoms with Gasteiger partial charge in [-0.25, -0.2) is 8.42 Å². The van der Waals surface area contributed by atoms with Crippen molar-refractivity contribution >= 4 is 43.7 Å². The fourth-order valence-corrected chi connectivity index (χ4v) is 7.75. The number of nitrogens with zero attached hydrogens (tertiary/aromatic N) is 1. The van der Waals surface area contributed by atoms with E-state index < -0.39 is 28.0 Å². The van der Waals surface area contributed by atoms with Gasteiger partial charge in [-0.15, -0.1) is 0 Å². The van der Waals surface area contributed by atoms with Crippen LogP contribution in [0.2, 0.25) is 0 Å². The molecule has 2 aromatic carbocycles. The Labute approximate surface area is 210 Å². The first-order valence-electron chi connectivity index (χ1n) is 11.4. The van der Waals surface area contributed by atoms with Gasteiger partial charge in [0.05, 0.1) is 16.9 Å². The van der Waals surface area contributed by atoms with Gasteiger partial charge in [-0.05, 0) is 55.3 Å². The molecule has 1 N–H and O–H groups in total. The van der Waals surface area contributed by atoms with Crippen molar-refractivity contribution in [3.05, 3.63) is 64.1 Å². The van der Waals surface area contributed by atoms with Crippen LogP contribution in [0.15, 0.2) is 57.9 Å². The van der Waals surface area contributed by atoms with Gasteiger partial charge in [0.1, 0.15) is 0 Å². The van der Waals surface area contributed by atoms with E-state index in [1.165, 1.54) is 10.7 Å². The Morgan fingerprint density at radius 3 is 2.52 bits per heavy atom. The molecule has 5 nitrogen and oxygen atoms in total. The van der Waals surface area contributed by atoms with Gasteiger partial charge in [0.2, 0.25) is 10.0 Å². The van der Waals surface area contributed by atoms with E-state index in [0.717, 1.165) is 40.6 Å². The summed E-state index contributed by atoms with van der Waals surface area (Å²) in [6.45, 7) is 4.04. The number of carboxylic acids is 1. The van der Waals surface area contributed by atoms with E-state index in [4.69, 9.17) is 0 Å². The third-order valence-corrected chi connectivity index (χ3v) is 9.99. The van der Waals surface area contributed by atoms with Crippen LogP contribution in [0.25, 0.3) is 0 Å². The Kier molecular flexibility index (Phi) is 9.44. The van der Waals surface area contributed by atoms with Crippen LogP contribution in [0.1, 0.15) is 56.2 Å². The smallest absolute Gasteiger partial charge is 0.308 e. The van der Waals surface area contributed by atoms with E-state index in [-0.39, 0.29) is 16.7 Å². The summed E-state index contributed by atoms with van der Waals surface area (Å²) in [6.07, 6.45) is 4.99. The Hall–Kier alpha value is -1.35. The van der Waals surface area contributed by atoms with Crippen LogP contribution < -0.4 is 0 Å². The van der Waals surface area contributed by atoms with E-state index in [1.807, 2.05) is 31.2 Å². The lowest BCUT2D eigenvalue weighted by atomic mass is 9.90. The molecule has 0 bridgehead atoms. The van der Waals surface area contributed by atoms with Gasteiger partial charge < -0.3 is 5.11 Å². The van der Waals surface area contributed by atoms with Crippen LogP contribution >= 0.6 is 27.7 Å². The molecular formula is C25H32BrNO4S2. The average molecular weight is 555 g/mol. The molecule has 0 aromatic heterocycles. The van der Waals surface area contributed by atoms with Crippen LogP contribution in [0.4, 0.5) is 0 Å². The predicted octanol–water partition coefficient (Wildman–Crippen LogP) is 6.28. The second-order valence-corrected chi connectivity index (χ2v) is 12.8. The predicted molar refractivity (Wildman–Crippen MR) is 138 cm³/mol. The zero-order valence-corrected chi connectivity index (χ0v) is 22.3. The van der Waals surface area contributed by atoms with E-state index in [1.54, 1.807) is 36.0 Å². The number of benzene rings is 2. The van der Waals surface area contributed by atoms with Gasteiger partial charge in [0, 0.05) is 16.3 Å². The minimum Gasteiger partial charge on any atom is -0.481 e. The van der Waals surface area contributed by atoms with Crippen LogP contribution in [0.5, 0.6) is 0 Å². The van der Waals surface area contributed by atoms with E-state index in [0.29, 0.717) is 6.42 Å². The van der Waals surface area contributed by atoms with Crippen LogP contribution in [-0.4, -0.2) is 41.3 Å². The van der Waals surface area contributed by atoms with Crippen LogP contribution in [-0.2, 0) is 14.8 Å². The molecule has 1 fully saturated rings. The highest BCUT2D eigenvalue weighted by molar-refractivity contribution is 9.10. The van der Waals surface area contributed by atoms with Crippen LogP contribution in [0.3, 0.4) is 0 Å². The summed E-state index contributed by atoms with van der Waals surface area (Å²) < 4.78 is 29.7. The molecule has 8 heteroatoms. The fourth-order valence-electron chi connectivity index (χ4n) is 4.25. The maximum Gasteiger partial charge on any atom is 0.308 e. The first kappa shape index (κ1) is 26.3. The van der Waals surface area contributed by atoms with Gasteiger partial charge in [0.25, 0.3) is 0 Å². The van der Waals surface area contributed by atoms with Crippen molar-refractivity contribution in [3.63, 3.8) is 0 Å². The summed E-state index contributed by atoms with van der Waals surface area (Å²) in [5.41, 5.74) is 1.85. The molecule has 1 heterocycles. The molecule has 0 aliphatic carbocycles. The standard InChI is InChI=1S/C25H32BrNO4S2/c1-3-4-5-6-14-32-24-16-23(19-8-7-9-20(26)15-19)27(17-22(24)25(28)29)33(30,31)21-12-10-18(2)11-13-21/h7-13,15,22-24H,3-6,14,16-17H2,1-2H3,(H,28,29)/t22-,23+,24-/m1/s1. The molecule has 0 amide bonds. The zero-order valence-electron chi connectivity index (χ0n) is 19.1. The topological polar surface area (TPSA) is 74.7 Å². The minimum absolute atomic E-state index is 0.0324. The summed E-state index contributed by atoms with van der Waals surface area (Å²) in [5, 5.41) is 9.86. The highest BCUT2D eigenvalue weighted by Crippen LogP contribution is 2.42. The maximum absolute atomic E-state index is 13.7. The number of halogens is 1. The Bertz CT molecular complexity index is 1040. The monoisotopic (exact) mass is 553 g/mol. The molecule has 0 unspecified atom stereocenters. The highest BCUT2D eigenvalue weighted by atomic mass is 79.9. The molecule has 1 aliphatic rings. The summed E-state index contributed by atoms with van der Waals surface area (Å²) in [7, 11) is -3.87. The molecule has 33 heavy (non-hydrogen) atoms. The summed E-state index contributed by atoms with van der Waals surface area (Å²) in [6, 6.07) is 14.0. The molecular weight excluding hydrogens is 522 g/mol. The van der Waals surface area contributed by atoms with Gasteiger partial charge in [-0.1, -0.05) is 71.9 Å². The number of carbonyl (C=O) groups is 1. The number of aryl methyl sites for hydroxylation is 1. The van der Waals surface area contributed by atoms with Crippen molar-refractivity contribution in [2.24, 2.45) is 5.92 Å². The SMILES string of the molecule is CCCCCCS[C@@H]1C[C@@H](c2cccc(Br)c2)N(S(=O)(=O)c2ccc(C)cc2)C[C@H]1C(=O)O. The van der Waals surface area contributed by atoms with Crippen molar-refractivity contribution in [3.8, 4) is 0 Å². The number of hydrogen-bond acceptors (Lipinski definition) is 4. The highest BCUT2D eigenvalue weighted by Gasteiger charge is 2.45.